The van der Waals surface area contributed by atoms with Crippen molar-refractivity contribution in [3.63, 3.8) is 0 Å². The monoisotopic (exact) mass is 358 g/mol. The molecule has 1 aromatic heterocycles. The molecule has 6 heteroatoms. The van der Waals surface area contributed by atoms with E-state index in [0.29, 0.717) is 6.54 Å². The van der Waals surface area contributed by atoms with Gasteiger partial charge in [-0.3, -0.25) is 9.88 Å². The van der Waals surface area contributed by atoms with Gasteiger partial charge >= 0.3 is 6.03 Å². The molecule has 2 aromatic rings. The highest BCUT2D eigenvalue weighted by Gasteiger charge is 2.20. The topological polar surface area (TPSA) is 48.5 Å². The molecule has 1 aliphatic heterocycles. The molecule has 3 rings (SSSR count). The van der Waals surface area contributed by atoms with Crippen LogP contribution in [0.2, 0.25) is 5.02 Å². The highest BCUT2D eigenvalue weighted by molar-refractivity contribution is 6.30. The van der Waals surface area contributed by atoms with Crippen LogP contribution in [0.3, 0.4) is 0 Å². The van der Waals surface area contributed by atoms with Gasteiger partial charge in [-0.15, -0.1) is 0 Å². The number of piperazine rings is 1. The van der Waals surface area contributed by atoms with Gasteiger partial charge in [0.05, 0.1) is 0 Å². The van der Waals surface area contributed by atoms with E-state index in [1.807, 2.05) is 35.2 Å². The molecule has 5 nitrogen and oxygen atoms in total. The average Bonchev–Trinajstić information content (AvgIpc) is 2.66. The van der Waals surface area contributed by atoms with E-state index in [1.54, 1.807) is 12.4 Å². The number of halogens is 1. The summed E-state index contributed by atoms with van der Waals surface area (Å²) < 4.78 is 0. The minimum absolute atomic E-state index is 0.00153. The van der Waals surface area contributed by atoms with E-state index in [0.717, 1.165) is 49.7 Å². The minimum atomic E-state index is -0.00153. The Morgan fingerprint density at radius 2 is 1.92 bits per heavy atom. The molecule has 2 heterocycles. The first-order valence-corrected chi connectivity index (χ1v) is 8.97. The fraction of sp³-hybridized carbons (Fsp3) is 0.368. The Morgan fingerprint density at radius 3 is 2.64 bits per heavy atom. The van der Waals surface area contributed by atoms with Crippen LogP contribution >= 0.6 is 11.6 Å². The van der Waals surface area contributed by atoms with Crippen molar-refractivity contribution >= 4 is 17.6 Å². The molecular formula is C19H23ClN4O. The zero-order valence-electron chi connectivity index (χ0n) is 14.2. The van der Waals surface area contributed by atoms with E-state index >= 15 is 0 Å². The number of benzene rings is 1. The molecule has 1 saturated heterocycles. The highest BCUT2D eigenvalue weighted by Crippen LogP contribution is 2.12. The maximum atomic E-state index is 12.3. The van der Waals surface area contributed by atoms with Gasteiger partial charge in [-0.1, -0.05) is 29.8 Å². The predicted octanol–water partition coefficient (Wildman–Crippen LogP) is 2.80. The molecule has 1 aromatic carbocycles. The number of pyridine rings is 1. The van der Waals surface area contributed by atoms with Crippen LogP contribution < -0.4 is 5.32 Å². The molecule has 0 atom stereocenters. The van der Waals surface area contributed by atoms with Crippen LogP contribution in [0.1, 0.15) is 11.1 Å². The molecule has 0 saturated carbocycles. The van der Waals surface area contributed by atoms with Gasteiger partial charge in [0, 0.05) is 56.7 Å². The standard InChI is InChI=1S/C19H23ClN4O/c20-18-5-1-3-16(13-18)6-8-23-9-11-24(12-10-23)19(25)22-15-17-4-2-7-21-14-17/h1-5,7,13-14H,6,8-12,15H2,(H,22,25). The lowest BCUT2D eigenvalue weighted by atomic mass is 10.1. The number of aromatic nitrogens is 1. The molecule has 132 valence electrons. The molecule has 0 radical (unpaired) electrons. The van der Waals surface area contributed by atoms with Gasteiger partial charge in [0.1, 0.15) is 0 Å². The Bertz CT molecular complexity index is 687. The van der Waals surface area contributed by atoms with Crippen molar-refractivity contribution < 1.29 is 4.79 Å². The fourth-order valence-corrected chi connectivity index (χ4v) is 3.16. The summed E-state index contributed by atoms with van der Waals surface area (Å²) >= 11 is 6.03. The molecule has 0 unspecified atom stereocenters. The number of hydrogen-bond donors (Lipinski definition) is 1. The van der Waals surface area contributed by atoms with Crippen molar-refractivity contribution in [2.45, 2.75) is 13.0 Å². The normalized spacial score (nSPS) is 15.2. The molecule has 1 aliphatic rings. The molecule has 2 amide bonds. The van der Waals surface area contributed by atoms with E-state index in [4.69, 9.17) is 11.6 Å². The quantitative estimate of drug-likeness (QED) is 0.894. The van der Waals surface area contributed by atoms with E-state index in [2.05, 4.69) is 21.3 Å². The molecule has 0 aliphatic carbocycles. The number of rotatable bonds is 5. The second-order valence-electron chi connectivity index (χ2n) is 6.23. The Labute approximate surface area is 153 Å². The Morgan fingerprint density at radius 1 is 1.12 bits per heavy atom. The lowest BCUT2D eigenvalue weighted by molar-refractivity contribution is 0.140. The number of nitrogens with one attached hydrogen (secondary N) is 1. The van der Waals surface area contributed by atoms with Crippen LogP contribution in [0.15, 0.2) is 48.8 Å². The summed E-state index contributed by atoms with van der Waals surface area (Å²) in [5.74, 6) is 0. The smallest absolute Gasteiger partial charge is 0.317 e. The Hall–Kier alpha value is -2.11. The first-order chi connectivity index (χ1) is 12.2. The average molecular weight is 359 g/mol. The van der Waals surface area contributed by atoms with Crippen LogP contribution in [0, 0.1) is 0 Å². The molecule has 25 heavy (non-hydrogen) atoms. The first-order valence-electron chi connectivity index (χ1n) is 8.59. The third-order valence-corrected chi connectivity index (χ3v) is 4.67. The molecule has 0 spiro atoms. The van der Waals surface area contributed by atoms with Crippen LogP contribution in [-0.4, -0.2) is 53.5 Å². The Balaban J connectivity index is 1.38. The second-order valence-corrected chi connectivity index (χ2v) is 6.67. The number of amides is 2. The van der Waals surface area contributed by atoms with E-state index in [1.165, 1.54) is 5.56 Å². The van der Waals surface area contributed by atoms with Crippen molar-refractivity contribution in [1.82, 2.24) is 20.1 Å². The van der Waals surface area contributed by atoms with Gasteiger partial charge in [-0.2, -0.15) is 0 Å². The minimum Gasteiger partial charge on any atom is -0.334 e. The van der Waals surface area contributed by atoms with Crippen molar-refractivity contribution in [2.24, 2.45) is 0 Å². The number of hydrogen-bond acceptors (Lipinski definition) is 3. The molecule has 1 N–H and O–H groups in total. The van der Waals surface area contributed by atoms with Crippen molar-refractivity contribution in [3.8, 4) is 0 Å². The lowest BCUT2D eigenvalue weighted by Gasteiger charge is -2.34. The van der Waals surface area contributed by atoms with Gasteiger partial charge in [0.15, 0.2) is 0 Å². The zero-order chi connectivity index (χ0) is 17.5. The number of carbonyl (C=O) groups is 1. The summed E-state index contributed by atoms with van der Waals surface area (Å²) in [5, 5.41) is 3.75. The predicted molar refractivity (Wildman–Crippen MR) is 99.6 cm³/mol. The number of urea groups is 1. The second kappa shape index (κ2) is 8.83. The number of carbonyl (C=O) groups excluding carboxylic acids is 1. The molecule has 1 fully saturated rings. The third-order valence-electron chi connectivity index (χ3n) is 4.43. The van der Waals surface area contributed by atoms with Gasteiger partial charge < -0.3 is 10.2 Å². The van der Waals surface area contributed by atoms with Crippen molar-refractivity contribution in [2.75, 3.05) is 32.7 Å². The summed E-state index contributed by atoms with van der Waals surface area (Å²) in [4.78, 5) is 20.6. The first kappa shape index (κ1) is 17.7. The summed E-state index contributed by atoms with van der Waals surface area (Å²) in [6.07, 6.45) is 4.48. The van der Waals surface area contributed by atoms with E-state index < -0.39 is 0 Å². The fourth-order valence-electron chi connectivity index (χ4n) is 2.95. The van der Waals surface area contributed by atoms with Crippen molar-refractivity contribution in [1.29, 1.82) is 0 Å². The molecule has 0 bridgehead atoms. The van der Waals surface area contributed by atoms with Crippen LogP contribution in [-0.2, 0) is 13.0 Å². The maximum Gasteiger partial charge on any atom is 0.317 e. The highest BCUT2D eigenvalue weighted by atomic mass is 35.5. The van der Waals surface area contributed by atoms with Crippen LogP contribution in [0.4, 0.5) is 4.79 Å². The zero-order valence-corrected chi connectivity index (χ0v) is 15.0. The van der Waals surface area contributed by atoms with Crippen LogP contribution in [0.25, 0.3) is 0 Å². The van der Waals surface area contributed by atoms with Gasteiger partial charge in [0.2, 0.25) is 0 Å². The van der Waals surface area contributed by atoms with E-state index in [-0.39, 0.29) is 6.03 Å². The van der Waals surface area contributed by atoms with Gasteiger partial charge in [0.25, 0.3) is 0 Å². The summed E-state index contributed by atoms with van der Waals surface area (Å²) in [7, 11) is 0. The van der Waals surface area contributed by atoms with Crippen LogP contribution in [0.5, 0.6) is 0 Å². The third kappa shape index (κ3) is 5.44. The SMILES string of the molecule is O=C(NCc1cccnc1)N1CCN(CCc2cccc(Cl)c2)CC1. The van der Waals surface area contributed by atoms with Crippen molar-refractivity contribution in [3.05, 3.63) is 64.9 Å². The van der Waals surface area contributed by atoms with Gasteiger partial charge in [-0.05, 0) is 35.7 Å². The largest absolute Gasteiger partial charge is 0.334 e. The Kier molecular flexibility index (Phi) is 6.25. The maximum absolute atomic E-state index is 12.3. The van der Waals surface area contributed by atoms with E-state index in [9.17, 15) is 4.79 Å². The van der Waals surface area contributed by atoms with Gasteiger partial charge in [-0.25, -0.2) is 4.79 Å². The lowest BCUT2D eigenvalue weighted by Crippen LogP contribution is -2.51. The summed E-state index contributed by atoms with van der Waals surface area (Å²) in [6.45, 7) is 4.83. The molecular weight excluding hydrogens is 336 g/mol. The summed E-state index contributed by atoms with van der Waals surface area (Å²) in [5.41, 5.74) is 2.26. The number of nitrogens with zero attached hydrogens (tertiary/aromatic N) is 3. The summed E-state index contributed by atoms with van der Waals surface area (Å²) in [6, 6.07) is 11.8.